The SMILES string of the molecule is COc1c(F)cc(F)c(OC)c1CC1(O)CC1. The standard InChI is InChI=1S/C12H14F2O3/c1-16-10-7(6-12(15)3-4-12)11(17-2)9(14)5-8(10)13/h5,15H,3-4,6H2,1-2H3. The van der Waals surface area contributed by atoms with Crippen LogP contribution in [0, 0.1) is 11.6 Å². The second kappa shape index (κ2) is 4.14. The second-order valence-electron chi connectivity index (χ2n) is 4.29. The molecule has 2 rings (SSSR count). The highest BCUT2D eigenvalue weighted by Crippen LogP contribution is 2.44. The Kier molecular flexibility index (Phi) is 2.95. The van der Waals surface area contributed by atoms with Crippen LogP contribution in [-0.2, 0) is 6.42 Å². The summed E-state index contributed by atoms with van der Waals surface area (Å²) in [5.41, 5.74) is -0.631. The third-order valence-electron chi connectivity index (χ3n) is 2.98. The quantitative estimate of drug-likeness (QED) is 0.881. The molecule has 0 radical (unpaired) electrons. The summed E-state index contributed by atoms with van der Waals surface area (Å²) in [5, 5.41) is 9.85. The second-order valence-corrected chi connectivity index (χ2v) is 4.29. The summed E-state index contributed by atoms with van der Waals surface area (Å²) in [5.74, 6) is -1.71. The first-order valence-corrected chi connectivity index (χ1v) is 5.32. The molecule has 0 atom stereocenters. The zero-order chi connectivity index (χ0) is 12.6. The third kappa shape index (κ3) is 2.20. The first kappa shape index (κ1) is 12.1. The van der Waals surface area contributed by atoms with E-state index in [1.807, 2.05) is 0 Å². The molecule has 0 bridgehead atoms. The fraction of sp³-hybridized carbons (Fsp3) is 0.500. The van der Waals surface area contributed by atoms with Gasteiger partial charge in [-0.05, 0) is 12.8 Å². The Morgan fingerprint density at radius 1 is 1.18 bits per heavy atom. The van der Waals surface area contributed by atoms with E-state index in [1.165, 1.54) is 14.2 Å². The third-order valence-corrected chi connectivity index (χ3v) is 2.98. The fourth-order valence-electron chi connectivity index (χ4n) is 1.89. The topological polar surface area (TPSA) is 38.7 Å². The molecule has 17 heavy (non-hydrogen) atoms. The highest BCUT2D eigenvalue weighted by atomic mass is 19.1. The summed E-state index contributed by atoms with van der Waals surface area (Å²) in [6, 6.07) is 0.720. The Labute approximate surface area is 98.0 Å². The van der Waals surface area contributed by atoms with Crippen LogP contribution in [0.15, 0.2) is 6.07 Å². The van der Waals surface area contributed by atoms with Crippen molar-refractivity contribution in [3.05, 3.63) is 23.3 Å². The van der Waals surface area contributed by atoms with Crippen molar-refractivity contribution in [1.82, 2.24) is 0 Å². The van der Waals surface area contributed by atoms with Crippen LogP contribution < -0.4 is 9.47 Å². The van der Waals surface area contributed by atoms with Gasteiger partial charge in [-0.15, -0.1) is 0 Å². The van der Waals surface area contributed by atoms with E-state index in [9.17, 15) is 13.9 Å². The molecule has 0 amide bonds. The molecular weight excluding hydrogens is 230 g/mol. The molecule has 1 N–H and O–H groups in total. The van der Waals surface area contributed by atoms with E-state index in [0.29, 0.717) is 12.8 Å². The maximum Gasteiger partial charge on any atom is 0.168 e. The smallest absolute Gasteiger partial charge is 0.168 e. The number of ether oxygens (including phenoxy) is 2. The number of methoxy groups -OCH3 is 2. The van der Waals surface area contributed by atoms with Gasteiger partial charge in [-0.2, -0.15) is 0 Å². The van der Waals surface area contributed by atoms with E-state index in [-0.39, 0.29) is 23.5 Å². The minimum Gasteiger partial charge on any atom is -0.493 e. The first-order valence-electron chi connectivity index (χ1n) is 5.32. The molecule has 1 aromatic rings. The Morgan fingerprint density at radius 2 is 1.65 bits per heavy atom. The summed E-state index contributed by atoms with van der Waals surface area (Å²) in [4.78, 5) is 0. The lowest BCUT2D eigenvalue weighted by Crippen LogP contribution is -2.14. The molecule has 0 spiro atoms. The predicted molar refractivity (Wildman–Crippen MR) is 57.3 cm³/mol. The lowest BCUT2D eigenvalue weighted by atomic mass is 10.0. The molecule has 3 nitrogen and oxygen atoms in total. The van der Waals surface area contributed by atoms with Crippen molar-refractivity contribution >= 4 is 0 Å². The molecule has 0 saturated heterocycles. The van der Waals surface area contributed by atoms with Gasteiger partial charge in [-0.25, -0.2) is 8.78 Å². The van der Waals surface area contributed by atoms with Gasteiger partial charge in [0.1, 0.15) is 0 Å². The van der Waals surface area contributed by atoms with Gasteiger partial charge in [0.15, 0.2) is 23.1 Å². The zero-order valence-electron chi connectivity index (χ0n) is 9.72. The van der Waals surface area contributed by atoms with Crippen molar-refractivity contribution in [3.63, 3.8) is 0 Å². The van der Waals surface area contributed by atoms with E-state index in [1.54, 1.807) is 0 Å². The largest absolute Gasteiger partial charge is 0.493 e. The number of halogens is 2. The van der Waals surface area contributed by atoms with Crippen molar-refractivity contribution in [2.24, 2.45) is 0 Å². The summed E-state index contributed by atoms with van der Waals surface area (Å²) in [6.07, 6.45) is 1.38. The summed E-state index contributed by atoms with van der Waals surface area (Å²) in [7, 11) is 2.60. The predicted octanol–water partition coefficient (Wildman–Crippen LogP) is 2.05. The summed E-state index contributed by atoms with van der Waals surface area (Å²) >= 11 is 0. The van der Waals surface area contributed by atoms with Gasteiger partial charge in [0.25, 0.3) is 0 Å². The normalized spacial score (nSPS) is 16.8. The van der Waals surface area contributed by atoms with Crippen molar-refractivity contribution in [2.75, 3.05) is 14.2 Å². The van der Waals surface area contributed by atoms with E-state index in [0.717, 1.165) is 6.07 Å². The van der Waals surface area contributed by atoms with Gasteiger partial charge in [-0.1, -0.05) is 0 Å². The van der Waals surface area contributed by atoms with Crippen LogP contribution >= 0.6 is 0 Å². The number of benzene rings is 1. The van der Waals surface area contributed by atoms with Gasteiger partial charge >= 0.3 is 0 Å². The van der Waals surface area contributed by atoms with Gasteiger partial charge in [0.05, 0.1) is 19.8 Å². The molecule has 5 heteroatoms. The van der Waals surface area contributed by atoms with Crippen LogP contribution in [0.3, 0.4) is 0 Å². The summed E-state index contributed by atoms with van der Waals surface area (Å²) in [6.45, 7) is 0. The molecule has 0 unspecified atom stereocenters. The Bertz CT molecular complexity index is 414. The zero-order valence-corrected chi connectivity index (χ0v) is 9.72. The van der Waals surface area contributed by atoms with Crippen molar-refractivity contribution in [3.8, 4) is 11.5 Å². The minimum atomic E-state index is -0.874. The van der Waals surface area contributed by atoms with E-state index >= 15 is 0 Å². The molecule has 1 aliphatic carbocycles. The number of aliphatic hydroxyl groups is 1. The maximum absolute atomic E-state index is 13.5. The molecular formula is C12H14F2O3. The number of hydrogen-bond donors (Lipinski definition) is 1. The monoisotopic (exact) mass is 244 g/mol. The van der Waals surface area contributed by atoms with E-state index < -0.39 is 17.2 Å². The molecule has 1 aromatic carbocycles. The molecule has 0 aromatic heterocycles. The lowest BCUT2D eigenvalue weighted by molar-refractivity contribution is 0.148. The average molecular weight is 244 g/mol. The van der Waals surface area contributed by atoms with Crippen LogP contribution in [-0.4, -0.2) is 24.9 Å². The van der Waals surface area contributed by atoms with Crippen LogP contribution in [0.1, 0.15) is 18.4 Å². The number of hydrogen-bond acceptors (Lipinski definition) is 3. The molecule has 94 valence electrons. The number of rotatable bonds is 4. The van der Waals surface area contributed by atoms with Gasteiger partial charge in [-0.3, -0.25) is 0 Å². The van der Waals surface area contributed by atoms with E-state index in [2.05, 4.69) is 0 Å². The van der Waals surface area contributed by atoms with Gasteiger partial charge in [0, 0.05) is 18.1 Å². The minimum absolute atomic E-state index is 0.0661. The van der Waals surface area contributed by atoms with Crippen molar-refractivity contribution in [1.29, 1.82) is 0 Å². The van der Waals surface area contributed by atoms with Crippen LogP contribution in [0.25, 0.3) is 0 Å². The maximum atomic E-state index is 13.5. The van der Waals surface area contributed by atoms with E-state index in [4.69, 9.17) is 9.47 Å². The Balaban J connectivity index is 2.50. The lowest BCUT2D eigenvalue weighted by Gasteiger charge is -2.16. The van der Waals surface area contributed by atoms with Gasteiger partial charge in [0.2, 0.25) is 0 Å². The van der Waals surface area contributed by atoms with Crippen LogP contribution in [0.5, 0.6) is 11.5 Å². The van der Waals surface area contributed by atoms with Crippen LogP contribution in [0.4, 0.5) is 8.78 Å². The Morgan fingerprint density at radius 3 is 2.00 bits per heavy atom. The molecule has 0 aliphatic heterocycles. The van der Waals surface area contributed by atoms with Crippen LogP contribution in [0.2, 0.25) is 0 Å². The fourth-order valence-corrected chi connectivity index (χ4v) is 1.89. The molecule has 1 fully saturated rings. The van der Waals surface area contributed by atoms with Gasteiger partial charge < -0.3 is 14.6 Å². The van der Waals surface area contributed by atoms with Crippen molar-refractivity contribution in [2.45, 2.75) is 24.9 Å². The molecule has 1 saturated carbocycles. The molecule has 1 aliphatic rings. The molecule has 0 heterocycles. The summed E-state index contributed by atoms with van der Waals surface area (Å²) < 4.78 is 36.9. The Hall–Kier alpha value is -1.36. The first-order chi connectivity index (χ1) is 8.00. The highest BCUT2D eigenvalue weighted by molar-refractivity contribution is 5.48. The highest BCUT2D eigenvalue weighted by Gasteiger charge is 2.42. The average Bonchev–Trinajstić information content (AvgIpc) is 2.96. The van der Waals surface area contributed by atoms with Crippen molar-refractivity contribution < 1.29 is 23.4 Å².